The minimum absolute atomic E-state index is 0.0302. The molecule has 2 heterocycles. The molecule has 0 aliphatic carbocycles. The molecule has 2 N–H and O–H groups in total. The molecule has 0 atom stereocenters. The molecular weight excluding hydrogens is 309 g/mol. The molecule has 0 radical (unpaired) electrons. The third-order valence-corrected chi connectivity index (χ3v) is 3.10. The van der Waals surface area contributed by atoms with Crippen LogP contribution in [0.1, 0.15) is 5.69 Å². The topological polar surface area (TPSA) is 69.1 Å². The summed E-state index contributed by atoms with van der Waals surface area (Å²) in [5, 5.41) is 3.68. The van der Waals surface area contributed by atoms with Crippen molar-refractivity contribution >= 4 is 11.6 Å². The molecule has 2 aromatic heterocycles. The van der Waals surface area contributed by atoms with Crippen LogP contribution in [0.25, 0.3) is 16.9 Å². The second-order valence-corrected chi connectivity index (χ2v) is 4.37. The molecule has 0 saturated heterocycles. The number of anilines is 1. The Kier molecular flexibility index (Phi) is 2.97. The van der Waals surface area contributed by atoms with E-state index in [0.29, 0.717) is 0 Å². The SMILES string of the molecule is Cc1nc2ncnn2c(N)c1-c1c(F)c(F)c(F)c(F)c1F. The number of rotatable bonds is 1. The summed E-state index contributed by atoms with van der Waals surface area (Å²) >= 11 is 0. The van der Waals surface area contributed by atoms with Gasteiger partial charge in [-0.15, -0.1) is 0 Å². The van der Waals surface area contributed by atoms with Crippen molar-refractivity contribution in [2.45, 2.75) is 6.92 Å². The first-order valence-corrected chi connectivity index (χ1v) is 5.82. The average molecular weight is 315 g/mol. The summed E-state index contributed by atoms with van der Waals surface area (Å²) in [5.74, 6) is -10.7. The zero-order valence-corrected chi connectivity index (χ0v) is 10.8. The number of nitrogen functional groups attached to an aromatic ring is 1. The van der Waals surface area contributed by atoms with Crippen LogP contribution in [0.2, 0.25) is 0 Å². The standard InChI is InChI=1S/C12H6F5N5/c1-3-4(11(18)22-12(21-3)19-2-20-22)5-6(13)8(15)10(17)9(16)7(5)14/h2H,18H2,1H3. The van der Waals surface area contributed by atoms with Crippen LogP contribution in [0.4, 0.5) is 27.8 Å². The molecule has 0 spiro atoms. The number of nitrogens with zero attached hydrogens (tertiary/aromatic N) is 4. The van der Waals surface area contributed by atoms with E-state index < -0.39 is 40.2 Å². The highest BCUT2D eigenvalue weighted by molar-refractivity contribution is 5.78. The summed E-state index contributed by atoms with van der Waals surface area (Å²) < 4.78 is 68.6. The second-order valence-electron chi connectivity index (χ2n) is 4.37. The molecule has 10 heteroatoms. The van der Waals surface area contributed by atoms with Gasteiger partial charge >= 0.3 is 0 Å². The van der Waals surface area contributed by atoms with Crippen LogP contribution in [0.5, 0.6) is 0 Å². The van der Waals surface area contributed by atoms with E-state index in [9.17, 15) is 22.0 Å². The number of aromatic nitrogens is 4. The number of aryl methyl sites for hydroxylation is 1. The van der Waals surface area contributed by atoms with Crippen molar-refractivity contribution in [3.05, 3.63) is 41.1 Å². The zero-order valence-electron chi connectivity index (χ0n) is 10.8. The highest BCUT2D eigenvalue weighted by Gasteiger charge is 2.29. The van der Waals surface area contributed by atoms with Crippen molar-refractivity contribution in [3.8, 4) is 11.1 Å². The quantitative estimate of drug-likeness (QED) is 0.425. The van der Waals surface area contributed by atoms with Crippen LogP contribution in [-0.4, -0.2) is 19.6 Å². The van der Waals surface area contributed by atoms with Gasteiger partial charge in [-0.1, -0.05) is 0 Å². The first kappa shape index (κ1) is 14.2. The maximum absolute atomic E-state index is 13.9. The minimum Gasteiger partial charge on any atom is -0.383 e. The van der Waals surface area contributed by atoms with Crippen molar-refractivity contribution in [2.24, 2.45) is 0 Å². The number of hydrogen-bond donors (Lipinski definition) is 1. The number of fused-ring (bicyclic) bond motifs is 1. The fourth-order valence-electron chi connectivity index (χ4n) is 2.11. The summed E-state index contributed by atoms with van der Waals surface area (Å²) in [6, 6.07) is 0. The Hall–Kier alpha value is -2.78. The van der Waals surface area contributed by atoms with Crippen molar-refractivity contribution in [1.82, 2.24) is 19.6 Å². The van der Waals surface area contributed by atoms with E-state index in [-0.39, 0.29) is 17.3 Å². The lowest BCUT2D eigenvalue weighted by Crippen LogP contribution is -2.10. The van der Waals surface area contributed by atoms with Crippen LogP contribution in [0.15, 0.2) is 6.33 Å². The monoisotopic (exact) mass is 315 g/mol. The number of halogens is 5. The van der Waals surface area contributed by atoms with Crippen molar-refractivity contribution in [1.29, 1.82) is 0 Å². The molecule has 0 unspecified atom stereocenters. The lowest BCUT2D eigenvalue weighted by Gasteiger charge is -2.13. The molecule has 0 amide bonds. The normalized spacial score (nSPS) is 11.4. The van der Waals surface area contributed by atoms with E-state index >= 15 is 0 Å². The molecule has 0 aliphatic rings. The van der Waals surface area contributed by atoms with Gasteiger partial charge in [-0.3, -0.25) is 0 Å². The average Bonchev–Trinajstić information content (AvgIpc) is 2.95. The fourth-order valence-corrected chi connectivity index (χ4v) is 2.11. The first-order chi connectivity index (χ1) is 10.3. The Morgan fingerprint density at radius 3 is 2.05 bits per heavy atom. The molecule has 0 aliphatic heterocycles. The summed E-state index contributed by atoms with van der Waals surface area (Å²) in [5.41, 5.74) is 4.07. The van der Waals surface area contributed by atoms with E-state index in [2.05, 4.69) is 15.1 Å². The van der Waals surface area contributed by atoms with Gasteiger partial charge in [0.25, 0.3) is 5.78 Å². The lowest BCUT2D eigenvalue weighted by molar-refractivity contribution is 0.381. The molecule has 114 valence electrons. The van der Waals surface area contributed by atoms with Gasteiger partial charge in [0, 0.05) is 0 Å². The fraction of sp³-hybridized carbons (Fsp3) is 0.0833. The minimum atomic E-state index is -2.25. The molecule has 1 aromatic carbocycles. The molecule has 22 heavy (non-hydrogen) atoms. The summed E-state index contributed by atoms with van der Waals surface area (Å²) in [4.78, 5) is 7.61. The van der Waals surface area contributed by atoms with E-state index in [1.165, 1.54) is 6.92 Å². The van der Waals surface area contributed by atoms with Gasteiger partial charge in [-0.2, -0.15) is 14.6 Å². The lowest BCUT2D eigenvalue weighted by atomic mass is 10.0. The van der Waals surface area contributed by atoms with E-state index in [1.807, 2.05) is 0 Å². The number of hydrogen-bond acceptors (Lipinski definition) is 4. The van der Waals surface area contributed by atoms with Crippen molar-refractivity contribution in [2.75, 3.05) is 5.73 Å². The summed E-state index contributed by atoms with van der Waals surface area (Å²) in [6.45, 7) is 1.30. The smallest absolute Gasteiger partial charge is 0.254 e. The van der Waals surface area contributed by atoms with Crippen LogP contribution in [0, 0.1) is 36.0 Å². The van der Waals surface area contributed by atoms with Gasteiger partial charge in [0.2, 0.25) is 5.82 Å². The molecule has 3 rings (SSSR count). The predicted octanol–water partition coefficient (Wildman–Crippen LogP) is 2.38. The molecule has 0 bridgehead atoms. The van der Waals surface area contributed by atoms with Gasteiger partial charge in [0.05, 0.1) is 16.8 Å². The largest absolute Gasteiger partial charge is 0.383 e. The van der Waals surface area contributed by atoms with Gasteiger partial charge in [0.1, 0.15) is 12.1 Å². The molecular formula is C12H6F5N5. The molecule has 0 fully saturated rings. The van der Waals surface area contributed by atoms with Crippen LogP contribution < -0.4 is 5.73 Å². The van der Waals surface area contributed by atoms with E-state index in [1.54, 1.807) is 0 Å². The van der Waals surface area contributed by atoms with Crippen molar-refractivity contribution in [3.63, 3.8) is 0 Å². The molecule has 0 saturated carbocycles. The van der Waals surface area contributed by atoms with Crippen LogP contribution in [0.3, 0.4) is 0 Å². The first-order valence-electron chi connectivity index (χ1n) is 5.82. The van der Waals surface area contributed by atoms with E-state index in [4.69, 9.17) is 5.73 Å². The van der Waals surface area contributed by atoms with E-state index in [0.717, 1.165) is 10.8 Å². The summed E-state index contributed by atoms with van der Waals surface area (Å²) in [7, 11) is 0. The Labute approximate surface area is 119 Å². The second kappa shape index (κ2) is 4.61. The van der Waals surface area contributed by atoms with Crippen LogP contribution >= 0.6 is 0 Å². The molecule has 5 nitrogen and oxygen atoms in total. The Morgan fingerprint density at radius 2 is 1.45 bits per heavy atom. The summed E-state index contributed by atoms with van der Waals surface area (Å²) in [6.07, 6.45) is 1.08. The van der Waals surface area contributed by atoms with Gasteiger partial charge < -0.3 is 5.73 Å². The Bertz CT molecular complexity index is 891. The van der Waals surface area contributed by atoms with Gasteiger partial charge in [0.15, 0.2) is 23.3 Å². The third-order valence-electron chi connectivity index (χ3n) is 3.10. The maximum atomic E-state index is 13.9. The predicted molar refractivity (Wildman–Crippen MR) is 65.2 cm³/mol. The third kappa shape index (κ3) is 1.73. The maximum Gasteiger partial charge on any atom is 0.254 e. The zero-order chi connectivity index (χ0) is 16.2. The Balaban J connectivity index is 2.47. The Morgan fingerprint density at radius 1 is 0.909 bits per heavy atom. The number of nitrogens with two attached hydrogens (primary N) is 1. The van der Waals surface area contributed by atoms with Crippen LogP contribution in [-0.2, 0) is 0 Å². The molecule has 3 aromatic rings. The number of benzene rings is 1. The highest BCUT2D eigenvalue weighted by atomic mass is 19.2. The highest BCUT2D eigenvalue weighted by Crippen LogP contribution is 2.36. The van der Waals surface area contributed by atoms with Crippen molar-refractivity contribution < 1.29 is 22.0 Å². The van der Waals surface area contributed by atoms with Gasteiger partial charge in [-0.25, -0.2) is 26.9 Å². The van der Waals surface area contributed by atoms with Gasteiger partial charge in [-0.05, 0) is 6.92 Å².